The highest BCUT2D eigenvalue weighted by Crippen LogP contribution is 2.26. The lowest BCUT2D eigenvalue weighted by Crippen LogP contribution is -2.11. The predicted octanol–water partition coefficient (Wildman–Crippen LogP) is 4.96. The van der Waals surface area contributed by atoms with Gasteiger partial charge in [-0.25, -0.2) is 9.59 Å². The van der Waals surface area contributed by atoms with Crippen molar-refractivity contribution in [1.29, 1.82) is 0 Å². The van der Waals surface area contributed by atoms with E-state index in [2.05, 4.69) is 0 Å². The normalized spacial score (nSPS) is 10.4. The van der Waals surface area contributed by atoms with Crippen LogP contribution in [0.5, 0.6) is 11.5 Å². The van der Waals surface area contributed by atoms with E-state index in [9.17, 15) is 9.59 Å². The number of carbonyl (C=O) groups is 2. The molecule has 0 amide bonds. The Morgan fingerprint density at radius 3 is 1.19 bits per heavy atom. The second-order valence-corrected chi connectivity index (χ2v) is 7.00. The van der Waals surface area contributed by atoms with Gasteiger partial charge in [0.2, 0.25) is 0 Å². The maximum absolute atomic E-state index is 12.3. The summed E-state index contributed by atoms with van der Waals surface area (Å²) in [7, 11) is 0. The Hall–Kier alpha value is -4.58. The molecule has 0 radical (unpaired) electrons. The fourth-order valence-electron chi connectivity index (χ4n) is 3.12. The molecular weight excluding hydrogens is 404 g/mol. The van der Waals surface area contributed by atoms with Gasteiger partial charge in [0.15, 0.2) is 0 Å². The van der Waals surface area contributed by atoms with Crippen molar-refractivity contribution in [3.63, 3.8) is 0 Å². The minimum absolute atomic E-state index is 0.318. The van der Waals surface area contributed by atoms with Gasteiger partial charge in [-0.3, -0.25) is 0 Å². The van der Waals surface area contributed by atoms with Crippen molar-refractivity contribution in [2.75, 3.05) is 11.5 Å². The Morgan fingerprint density at radius 2 is 0.844 bits per heavy atom. The third-order valence-corrected chi connectivity index (χ3v) is 4.82. The van der Waals surface area contributed by atoms with E-state index in [0.717, 1.165) is 11.1 Å². The first-order valence-electron chi connectivity index (χ1n) is 9.85. The van der Waals surface area contributed by atoms with E-state index in [4.69, 9.17) is 20.9 Å². The number of hydrogen-bond acceptors (Lipinski definition) is 6. The maximum Gasteiger partial charge on any atom is 0.345 e. The van der Waals surface area contributed by atoms with Crippen molar-refractivity contribution in [2.24, 2.45) is 0 Å². The molecule has 0 aliphatic heterocycles. The lowest BCUT2D eigenvalue weighted by molar-refractivity contribution is 0.0726. The highest BCUT2D eigenvalue weighted by Gasteiger charge is 2.13. The summed E-state index contributed by atoms with van der Waals surface area (Å²) in [5.74, 6) is -0.205. The largest absolute Gasteiger partial charge is 0.423 e. The van der Waals surface area contributed by atoms with E-state index in [1.165, 1.54) is 0 Å². The minimum atomic E-state index is -0.513. The average molecular weight is 424 g/mol. The molecule has 0 bridgehead atoms. The molecule has 0 aliphatic carbocycles. The smallest absolute Gasteiger partial charge is 0.345 e. The van der Waals surface area contributed by atoms with Gasteiger partial charge in [0.25, 0.3) is 0 Å². The first kappa shape index (κ1) is 20.7. The van der Waals surface area contributed by atoms with Gasteiger partial charge in [0.1, 0.15) is 11.5 Å². The molecule has 0 aromatic heterocycles. The fraction of sp³-hybridized carbons (Fsp3) is 0. The van der Waals surface area contributed by atoms with Gasteiger partial charge in [-0.05, 0) is 59.7 Å². The Kier molecular flexibility index (Phi) is 5.85. The van der Waals surface area contributed by atoms with Crippen LogP contribution in [0.3, 0.4) is 0 Å². The molecule has 0 fully saturated rings. The van der Waals surface area contributed by atoms with Gasteiger partial charge in [0.05, 0.1) is 11.1 Å². The van der Waals surface area contributed by atoms with Gasteiger partial charge >= 0.3 is 11.9 Å². The summed E-state index contributed by atoms with van der Waals surface area (Å²) >= 11 is 0. The molecule has 4 aromatic rings. The molecule has 0 atom stereocenters. The van der Waals surface area contributed by atoms with E-state index in [0.29, 0.717) is 34.0 Å². The van der Waals surface area contributed by atoms with Crippen LogP contribution in [0.4, 0.5) is 11.4 Å². The van der Waals surface area contributed by atoms with Gasteiger partial charge in [-0.2, -0.15) is 0 Å². The average Bonchev–Trinajstić information content (AvgIpc) is 2.80. The molecule has 4 aromatic carbocycles. The highest BCUT2D eigenvalue weighted by atomic mass is 16.5. The molecule has 0 spiro atoms. The second-order valence-electron chi connectivity index (χ2n) is 7.00. The zero-order valence-electron chi connectivity index (χ0n) is 17.0. The molecule has 0 unspecified atom stereocenters. The van der Waals surface area contributed by atoms with Gasteiger partial charge in [0, 0.05) is 11.4 Å². The molecular formula is C26H20N2O4. The number of carbonyl (C=O) groups excluding carboxylic acids is 2. The number of anilines is 2. The Morgan fingerprint density at radius 1 is 0.500 bits per heavy atom. The zero-order chi connectivity index (χ0) is 22.5. The number of para-hydroxylation sites is 2. The summed E-state index contributed by atoms with van der Waals surface area (Å²) in [6.07, 6.45) is 0. The first-order valence-corrected chi connectivity index (χ1v) is 9.85. The molecule has 6 heteroatoms. The molecule has 32 heavy (non-hydrogen) atoms. The van der Waals surface area contributed by atoms with Crippen LogP contribution < -0.4 is 20.9 Å². The van der Waals surface area contributed by atoms with Crippen LogP contribution in [0.2, 0.25) is 0 Å². The van der Waals surface area contributed by atoms with Crippen molar-refractivity contribution in [2.45, 2.75) is 0 Å². The van der Waals surface area contributed by atoms with E-state index in [1.54, 1.807) is 72.8 Å². The number of nitrogen functional groups attached to an aromatic ring is 2. The number of hydrogen-bond donors (Lipinski definition) is 2. The van der Waals surface area contributed by atoms with Crippen LogP contribution in [0, 0.1) is 0 Å². The Bertz CT molecular complexity index is 1160. The van der Waals surface area contributed by atoms with Crippen molar-refractivity contribution >= 4 is 23.3 Å². The molecule has 158 valence electrons. The Labute approximate surface area is 185 Å². The first-order chi connectivity index (χ1) is 15.5. The van der Waals surface area contributed by atoms with Crippen molar-refractivity contribution in [1.82, 2.24) is 0 Å². The number of nitrogens with two attached hydrogens (primary N) is 2. The SMILES string of the molecule is Nc1ccccc1C(=O)Oc1ccc(-c2ccc(OC(=O)c3ccccc3N)cc2)cc1. The van der Waals surface area contributed by atoms with Crippen LogP contribution in [0.1, 0.15) is 20.7 Å². The predicted molar refractivity (Wildman–Crippen MR) is 124 cm³/mol. The zero-order valence-corrected chi connectivity index (χ0v) is 17.0. The maximum atomic E-state index is 12.3. The van der Waals surface area contributed by atoms with Crippen LogP contribution in [0.15, 0.2) is 97.1 Å². The number of rotatable bonds is 5. The summed E-state index contributed by atoms with van der Waals surface area (Å²) in [6, 6.07) is 27.7. The van der Waals surface area contributed by atoms with Crippen molar-refractivity contribution < 1.29 is 19.1 Å². The number of ether oxygens (including phenoxy) is 2. The standard InChI is InChI=1S/C26H20N2O4/c27-23-7-3-1-5-21(23)25(29)31-19-13-9-17(10-14-19)18-11-15-20(16-12-18)32-26(30)22-6-2-4-8-24(22)28/h1-16H,27-28H2. The summed E-state index contributed by atoms with van der Waals surface area (Å²) < 4.78 is 10.8. The third-order valence-electron chi connectivity index (χ3n) is 4.82. The molecule has 0 saturated heterocycles. The second kappa shape index (κ2) is 9.06. The molecule has 4 N–H and O–H groups in total. The fourth-order valence-corrected chi connectivity index (χ4v) is 3.12. The van der Waals surface area contributed by atoms with E-state index in [-0.39, 0.29) is 0 Å². The van der Waals surface area contributed by atoms with Gasteiger partial charge < -0.3 is 20.9 Å². The molecule has 0 aliphatic rings. The molecule has 0 saturated carbocycles. The van der Waals surface area contributed by atoms with E-state index < -0.39 is 11.9 Å². The van der Waals surface area contributed by atoms with Crippen molar-refractivity contribution in [3.8, 4) is 22.6 Å². The van der Waals surface area contributed by atoms with E-state index in [1.807, 2.05) is 24.3 Å². The summed E-state index contributed by atoms with van der Waals surface area (Å²) in [5.41, 5.74) is 14.8. The van der Waals surface area contributed by atoms with E-state index >= 15 is 0 Å². The monoisotopic (exact) mass is 424 g/mol. The van der Waals surface area contributed by atoms with Crippen LogP contribution in [0.25, 0.3) is 11.1 Å². The highest BCUT2D eigenvalue weighted by molar-refractivity contribution is 5.97. The summed E-state index contributed by atoms with van der Waals surface area (Å²) in [4.78, 5) is 24.6. The topological polar surface area (TPSA) is 105 Å². The number of esters is 2. The Balaban J connectivity index is 1.42. The molecule has 0 heterocycles. The van der Waals surface area contributed by atoms with Gasteiger partial charge in [-0.1, -0.05) is 48.5 Å². The molecule has 6 nitrogen and oxygen atoms in total. The summed E-state index contributed by atoms with van der Waals surface area (Å²) in [6.45, 7) is 0. The summed E-state index contributed by atoms with van der Waals surface area (Å²) in [5, 5.41) is 0. The van der Waals surface area contributed by atoms with Gasteiger partial charge in [-0.15, -0.1) is 0 Å². The van der Waals surface area contributed by atoms with Crippen molar-refractivity contribution in [3.05, 3.63) is 108 Å². The van der Waals surface area contributed by atoms with Crippen LogP contribution in [-0.4, -0.2) is 11.9 Å². The van der Waals surface area contributed by atoms with Crippen LogP contribution in [-0.2, 0) is 0 Å². The lowest BCUT2D eigenvalue weighted by Gasteiger charge is -2.09. The minimum Gasteiger partial charge on any atom is -0.423 e. The third kappa shape index (κ3) is 4.60. The quantitative estimate of drug-likeness (QED) is 0.267. The molecule has 4 rings (SSSR count). The van der Waals surface area contributed by atoms with Crippen LogP contribution >= 0.6 is 0 Å². The number of benzene rings is 4. The lowest BCUT2D eigenvalue weighted by atomic mass is 10.1.